The summed E-state index contributed by atoms with van der Waals surface area (Å²) < 4.78 is 0. The fourth-order valence-electron chi connectivity index (χ4n) is 2.42. The molecule has 1 saturated heterocycles. The fourth-order valence-corrected chi connectivity index (χ4v) is 2.42. The van der Waals surface area contributed by atoms with Crippen LogP contribution in [-0.4, -0.2) is 13.1 Å². The van der Waals surface area contributed by atoms with Gasteiger partial charge in [-0.2, -0.15) is 5.26 Å². The monoisotopic (exact) mass is 214 g/mol. The molecule has 0 atom stereocenters. The third-order valence-electron chi connectivity index (χ3n) is 3.44. The van der Waals surface area contributed by atoms with Crippen molar-refractivity contribution in [3.05, 3.63) is 34.9 Å². The van der Waals surface area contributed by atoms with Crippen molar-refractivity contribution in [1.29, 1.82) is 5.26 Å². The maximum absolute atomic E-state index is 8.99. The highest BCUT2D eigenvalue weighted by atomic mass is 14.9. The number of aryl methyl sites for hydroxylation is 1. The van der Waals surface area contributed by atoms with Crippen molar-refractivity contribution in [3.8, 4) is 6.07 Å². The molecule has 2 rings (SSSR count). The molecule has 1 heterocycles. The minimum Gasteiger partial charge on any atom is -0.317 e. The van der Waals surface area contributed by atoms with Crippen molar-refractivity contribution in [3.63, 3.8) is 0 Å². The Morgan fingerprint density at radius 3 is 2.75 bits per heavy atom. The smallest absolute Gasteiger partial charge is 0.0994 e. The minimum atomic E-state index is 0.680. The molecule has 1 aliphatic rings. The summed E-state index contributed by atoms with van der Waals surface area (Å²) in [6.45, 7) is 4.35. The quantitative estimate of drug-likeness (QED) is 0.821. The Morgan fingerprint density at radius 1 is 1.38 bits per heavy atom. The lowest BCUT2D eigenvalue weighted by molar-refractivity contribution is 0.460. The predicted molar refractivity (Wildman–Crippen MR) is 65.4 cm³/mol. The lowest BCUT2D eigenvalue weighted by atomic mass is 9.88. The summed E-state index contributed by atoms with van der Waals surface area (Å²) in [6, 6.07) is 8.61. The highest BCUT2D eigenvalue weighted by Gasteiger charge is 2.15. The first-order valence-electron chi connectivity index (χ1n) is 6.08. The molecule has 1 aliphatic heterocycles. The van der Waals surface area contributed by atoms with E-state index in [4.69, 9.17) is 5.26 Å². The molecule has 0 radical (unpaired) electrons. The summed E-state index contributed by atoms with van der Waals surface area (Å²) in [5, 5.41) is 12.4. The molecule has 0 unspecified atom stereocenters. The molecule has 1 N–H and O–H groups in total. The summed E-state index contributed by atoms with van der Waals surface area (Å²) in [5.41, 5.74) is 3.44. The molecule has 1 aromatic rings. The predicted octanol–water partition coefficient (Wildman–Crippen LogP) is 2.59. The number of piperidine rings is 1. The van der Waals surface area contributed by atoms with Gasteiger partial charge in [-0.1, -0.05) is 19.1 Å². The SMILES string of the molecule is CCc1cc(C2CCNCC2)ccc1C#N. The van der Waals surface area contributed by atoms with E-state index in [9.17, 15) is 0 Å². The van der Waals surface area contributed by atoms with Crippen LogP contribution in [0.15, 0.2) is 18.2 Å². The first-order valence-corrected chi connectivity index (χ1v) is 6.08. The van der Waals surface area contributed by atoms with Crippen LogP contribution in [-0.2, 0) is 6.42 Å². The molecule has 84 valence electrons. The van der Waals surface area contributed by atoms with E-state index >= 15 is 0 Å². The number of hydrogen-bond donors (Lipinski definition) is 1. The normalized spacial score (nSPS) is 17.0. The zero-order chi connectivity index (χ0) is 11.4. The number of rotatable bonds is 2. The number of nitriles is 1. The Bertz CT molecular complexity index is 398. The largest absolute Gasteiger partial charge is 0.317 e. The number of benzene rings is 1. The van der Waals surface area contributed by atoms with Crippen LogP contribution >= 0.6 is 0 Å². The molecular formula is C14H18N2. The van der Waals surface area contributed by atoms with Gasteiger partial charge in [-0.05, 0) is 55.5 Å². The molecule has 0 bridgehead atoms. The standard InChI is InChI=1S/C14H18N2/c1-2-11-9-13(3-4-14(11)10-15)12-5-7-16-8-6-12/h3-4,9,12,16H,2,5-8H2,1H3. The average molecular weight is 214 g/mol. The molecule has 0 amide bonds. The molecule has 0 aromatic heterocycles. The van der Waals surface area contributed by atoms with Gasteiger partial charge in [0.1, 0.15) is 0 Å². The van der Waals surface area contributed by atoms with Crippen LogP contribution in [0, 0.1) is 11.3 Å². The molecule has 2 heteroatoms. The third-order valence-corrected chi connectivity index (χ3v) is 3.44. The highest BCUT2D eigenvalue weighted by Crippen LogP contribution is 2.26. The van der Waals surface area contributed by atoms with Gasteiger partial charge in [0.2, 0.25) is 0 Å². The summed E-state index contributed by atoms with van der Waals surface area (Å²) in [5.74, 6) is 0.680. The molecule has 1 fully saturated rings. The van der Waals surface area contributed by atoms with Crippen LogP contribution in [0.5, 0.6) is 0 Å². The second kappa shape index (κ2) is 5.14. The lowest BCUT2D eigenvalue weighted by Crippen LogP contribution is -2.26. The lowest BCUT2D eigenvalue weighted by Gasteiger charge is -2.23. The van der Waals surface area contributed by atoms with Gasteiger partial charge in [-0.15, -0.1) is 0 Å². The second-order valence-electron chi connectivity index (χ2n) is 4.41. The number of nitrogens with one attached hydrogen (secondary N) is 1. The van der Waals surface area contributed by atoms with Gasteiger partial charge < -0.3 is 5.32 Å². The van der Waals surface area contributed by atoms with Gasteiger partial charge in [-0.25, -0.2) is 0 Å². The van der Waals surface area contributed by atoms with Crippen LogP contribution in [0.4, 0.5) is 0 Å². The Balaban J connectivity index is 2.25. The molecule has 0 spiro atoms. The Morgan fingerprint density at radius 2 is 2.12 bits per heavy atom. The first kappa shape index (κ1) is 11.2. The van der Waals surface area contributed by atoms with Crippen molar-refractivity contribution in [1.82, 2.24) is 5.32 Å². The minimum absolute atomic E-state index is 0.680. The van der Waals surface area contributed by atoms with Crippen LogP contribution < -0.4 is 5.32 Å². The Kier molecular flexibility index (Phi) is 3.58. The van der Waals surface area contributed by atoms with Crippen molar-refractivity contribution < 1.29 is 0 Å². The van der Waals surface area contributed by atoms with Crippen LogP contribution in [0.2, 0.25) is 0 Å². The number of nitrogens with zero attached hydrogens (tertiary/aromatic N) is 1. The zero-order valence-electron chi connectivity index (χ0n) is 9.79. The van der Waals surface area contributed by atoms with Gasteiger partial charge in [0, 0.05) is 0 Å². The van der Waals surface area contributed by atoms with E-state index in [1.165, 1.54) is 24.0 Å². The average Bonchev–Trinajstić information content (AvgIpc) is 2.39. The summed E-state index contributed by atoms with van der Waals surface area (Å²) in [4.78, 5) is 0. The van der Waals surface area contributed by atoms with E-state index in [1.807, 2.05) is 6.07 Å². The topological polar surface area (TPSA) is 35.8 Å². The van der Waals surface area contributed by atoms with Gasteiger partial charge >= 0.3 is 0 Å². The van der Waals surface area contributed by atoms with E-state index in [2.05, 4.69) is 30.4 Å². The van der Waals surface area contributed by atoms with E-state index in [0.717, 1.165) is 25.1 Å². The molecule has 2 nitrogen and oxygen atoms in total. The summed E-state index contributed by atoms with van der Waals surface area (Å²) >= 11 is 0. The van der Waals surface area contributed by atoms with Crippen molar-refractivity contribution in [2.75, 3.05) is 13.1 Å². The van der Waals surface area contributed by atoms with Crippen molar-refractivity contribution in [2.45, 2.75) is 32.1 Å². The van der Waals surface area contributed by atoms with Gasteiger partial charge in [0.05, 0.1) is 11.6 Å². The van der Waals surface area contributed by atoms with Gasteiger partial charge in [-0.3, -0.25) is 0 Å². The van der Waals surface area contributed by atoms with E-state index in [-0.39, 0.29) is 0 Å². The fraction of sp³-hybridized carbons (Fsp3) is 0.500. The van der Waals surface area contributed by atoms with Crippen LogP contribution in [0.3, 0.4) is 0 Å². The third kappa shape index (κ3) is 2.25. The molecule has 1 aromatic carbocycles. The maximum Gasteiger partial charge on any atom is 0.0994 e. The van der Waals surface area contributed by atoms with Crippen LogP contribution in [0.1, 0.15) is 42.4 Å². The number of hydrogen-bond acceptors (Lipinski definition) is 2. The summed E-state index contributed by atoms with van der Waals surface area (Å²) in [6.07, 6.45) is 3.38. The summed E-state index contributed by atoms with van der Waals surface area (Å²) in [7, 11) is 0. The molecule has 0 saturated carbocycles. The van der Waals surface area contributed by atoms with E-state index in [1.54, 1.807) is 0 Å². The highest BCUT2D eigenvalue weighted by molar-refractivity contribution is 5.41. The van der Waals surface area contributed by atoms with Gasteiger partial charge in [0.15, 0.2) is 0 Å². The van der Waals surface area contributed by atoms with E-state index < -0.39 is 0 Å². The Labute approximate surface area is 97.3 Å². The molecular weight excluding hydrogens is 196 g/mol. The Hall–Kier alpha value is -1.33. The molecule has 16 heavy (non-hydrogen) atoms. The van der Waals surface area contributed by atoms with Gasteiger partial charge in [0.25, 0.3) is 0 Å². The van der Waals surface area contributed by atoms with Crippen molar-refractivity contribution >= 4 is 0 Å². The van der Waals surface area contributed by atoms with Crippen molar-refractivity contribution in [2.24, 2.45) is 0 Å². The second-order valence-corrected chi connectivity index (χ2v) is 4.41. The van der Waals surface area contributed by atoms with Crippen LogP contribution in [0.25, 0.3) is 0 Å². The first-order chi connectivity index (χ1) is 7.85. The maximum atomic E-state index is 8.99. The van der Waals surface area contributed by atoms with E-state index in [0.29, 0.717) is 5.92 Å². The zero-order valence-corrected chi connectivity index (χ0v) is 9.79. The molecule has 0 aliphatic carbocycles.